The Bertz CT molecular complexity index is 955. The van der Waals surface area contributed by atoms with Crippen molar-refractivity contribution in [3.63, 3.8) is 0 Å². The molecule has 7 heteroatoms. The highest BCUT2D eigenvalue weighted by Crippen LogP contribution is 2.35. The third kappa shape index (κ3) is 4.81. The van der Waals surface area contributed by atoms with Crippen LogP contribution in [0.25, 0.3) is 5.57 Å². The second-order valence-corrected chi connectivity index (χ2v) is 7.52. The van der Waals surface area contributed by atoms with E-state index < -0.39 is 0 Å². The average molecular weight is 433 g/mol. The third-order valence-corrected chi connectivity index (χ3v) is 5.11. The van der Waals surface area contributed by atoms with Crippen molar-refractivity contribution in [3.05, 3.63) is 69.3 Å². The van der Waals surface area contributed by atoms with Crippen molar-refractivity contribution in [1.82, 2.24) is 4.90 Å². The predicted molar refractivity (Wildman–Crippen MR) is 116 cm³/mol. The second-order valence-electron chi connectivity index (χ2n) is 6.68. The molecule has 0 bridgehead atoms. The van der Waals surface area contributed by atoms with Crippen molar-refractivity contribution in [3.8, 4) is 0 Å². The van der Waals surface area contributed by atoms with E-state index in [4.69, 9.17) is 27.9 Å². The first kappa shape index (κ1) is 21.4. The molecule has 2 amide bonds. The van der Waals surface area contributed by atoms with Crippen LogP contribution in [0.2, 0.25) is 10.0 Å². The lowest BCUT2D eigenvalue weighted by molar-refractivity contribution is -0.137. The van der Waals surface area contributed by atoms with Gasteiger partial charge in [-0.15, -0.1) is 0 Å². The summed E-state index contributed by atoms with van der Waals surface area (Å²) < 4.78 is 5.33. The smallest absolute Gasteiger partial charge is 0.278 e. The van der Waals surface area contributed by atoms with Crippen molar-refractivity contribution in [2.24, 2.45) is 0 Å². The Morgan fingerprint density at radius 3 is 2.41 bits per heavy atom. The lowest BCUT2D eigenvalue weighted by Crippen LogP contribution is -2.34. The Kier molecular flexibility index (Phi) is 6.96. The Hall–Kier alpha value is -2.34. The van der Waals surface area contributed by atoms with Crippen LogP contribution >= 0.6 is 23.2 Å². The normalized spacial score (nSPS) is 14.1. The quantitative estimate of drug-likeness (QED) is 0.474. The number of nitrogens with zero attached hydrogens (tertiary/aromatic N) is 1. The Labute approximate surface area is 180 Å². The van der Waals surface area contributed by atoms with Crippen LogP contribution in [-0.2, 0) is 14.3 Å². The van der Waals surface area contributed by atoms with Crippen molar-refractivity contribution in [1.29, 1.82) is 0 Å². The molecule has 3 rings (SSSR count). The van der Waals surface area contributed by atoms with Crippen LogP contribution in [0.5, 0.6) is 0 Å². The van der Waals surface area contributed by atoms with E-state index in [1.807, 2.05) is 38.1 Å². The van der Waals surface area contributed by atoms with Gasteiger partial charge in [0.2, 0.25) is 0 Å². The maximum atomic E-state index is 13.1. The fourth-order valence-corrected chi connectivity index (χ4v) is 3.59. The predicted octanol–water partition coefficient (Wildman–Crippen LogP) is 4.92. The molecule has 0 saturated heterocycles. The number of ether oxygens (including phenoxy) is 1. The van der Waals surface area contributed by atoms with Crippen molar-refractivity contribution < 1.29 is 14.3 Å². The van der Waals surface area contributed by atoms with Crippen LogP contribution in [0.15, 0.2) is 48.2 Å². The SMILES string of the molecule is CCOCCCN1C(=O)C(Nc2ccc(C)cc2)=C(c2ccc(Cl)cc2Cl)C1=O. The molecule has 0 unspecified atom stereocenters. The molecule has 0 atom stereocenters. The average Bonchev–Trinajstić information content (AvgIpc) is 2.91. The summed E-state index contributed by atoms with van der Waals surface area (Å²) in [5.74, 6) is -0.765. The molecule has 152 valence electrons. The molecular weight excluding hydrogens is 411 g/mol. The van der Waals surface area contributed by atoms with Gasteiger partial charge in [0.1, 0.15) is 5.70 Å². The van der Waals surface area contributed by atoms with Crippen LogP contribution < -0.4 is 5.32 Å². The van der Waals surface area contributed by atoms with Gasteiger partial charge >= 0.3 is 0 Å². The topological polar surface area (TPSA) is 58.6 Å². The van der Waals surface area contributed by atoms with E-state index >= 15 is 0 Å². The summed E-state index contributed by atoms with van der Waals surface area (Å²) >= 11 is 12.4. The summed E-state index contributed by atoms with van der Waals surface area (Å²) in [6.07, 6.45) is 0.560. The van der Waals surface area contributed by atoms with Gasteiger partial charge in [-0.3, -0.25) is 14.5 Å². The van der Waals surface area contributed by atoms with Crippen LogP contribution in [-0.4, -0.2) is 36.5 Å². The summed E-state index contributed by atoms with van der Waals surface area (Å²) in [7, 11) is 0. The first-order valence-electron chi connectivity index (χ1n) is 9.39. The molecular formula is C22H22Cl2N2O3. The molecule has 0 saturated carbocycles. The molecule has 0 aliphatic carbocycles. The van der Waals surface area contributed by atoms with E-state index in [9.17, 15) is 9.59 Å². The Balaban J connectivity index is 1.97. The minimum atomic E-state index is -0.384. The fraction of sp³-hybridized carbons (Fsp3) is 0.273. The zero-order chi connectivity index (χ0) is 21.0. The van der Waals surface area contributed by atoms with E-state index in [2.05, 4.69) is 5.32 Å². The number of amides is 2. The molecule has 1 aliphatic heterocycles. The number of rotatable bonds is 8. The van der Waals surface area contributed by atoms with E-state index in [1.165, 1.54) is 4.90 Å². The molecule has 1 heterocycles. The number of carbonyl (C=O) groups is 2. The molecule has 2 aromatic carbocycles. The number of nitrogens with one attached hydrogen (secondary N) is 1. The molecule has 0 fully saturated rings. The molecule has 2 aromatic rings. The maximum Gasteiger partial charge on any atom is 0.278 e. The molecule has 0 aromatic heterocycles. The Morgan fingerprint density at radius 2 is 1.76 bits per heavy atom. The van der Waals surface area contributed by atoms with Gasteiger partial charge in [0.05, 0.1) is 10.6 Å². The standard InChI is InChI=1S/C22H22Cl2N2O3/c1-3-29-12-4-11-26-21(27)19(17-10-7-15(23)13-18(17)24)20(22(26)28)25-16-8-5-14(2)6-9-16/h5-10,13,25H,3-4,11-12H2,1-2H3. The summed E-state index contributed by atoms with van der Waals surface area (Å²) in [6, 6.07) is 12.4. The van der Waals surface area contributed by atoms with Crippen LogP contribution in [0.3, 0.4) is 0 Å². The van der Waals surface area contributed by atoms with Crippen LogP contribution in [0, 0.1) is 6.92 Å². The van der Waals surface area contributed by atoms with Crippen molar-refractivity contribution in [2.45, 2.75) is 20.3 Å². The van der Waals surface area contributed by atoms with Gasteiger partial charge in [0, 0.05) is 36.0 Å². The highest BCUT2D eigenvalue weighted by Gasteiger charge is 2.39. The van der Waals surface area contributed by atoms with Gasteiger partial charge in [0.15, 0.2) is 0 Å². The van der Waals surface area contributed by atoms with E-state index in [1.54, 1.807) is 18.2 Å². The first-order chi connectivity index (χ1) is 13.9. The van der Waals surface area contributed by atoms with Gasteiger partial charge < -0.3 is 10.1 Å². The molecule has 1 N–H and O–H groups in total. The maximum absolute atomic E-state index is 13.1. The van der Waals surface area contributed by atoms with Gasteiger partial charge in [-0.05, 0) is 44.5 Å². The number of hydrogen-bond acceptors (Lipinski definition) is 4. The fourth-order valence-electron chi connectivity index (χ4n) is 3.09. The van der Waals surface area contributed by atoms with Gasteiger partial charge in [-0.2, -0.15) is 0 Å². The van der Waals surface area contributed by atoms with Crippen molar-refractivity contribution in [2.75, 3.05) is 25.1 Å². The minimum Gasteiger partial charge on any atom is -0.382 e. The zero-order valence-corrected chi connectivity index (χ0v) is 17.8. The number of hydrogen-bond donors (Lipinski definition) is 1. The lowest BCUT2D eigenvalue weighted by atomic mass is 10.0. The third-order valence-electron chi connectivity index (χ3n) is 4.56. The number of imide groups is 1. The van der Waals surface area contributed by atoms with Crippen molar-refractivity contribution >= 4 is 46.3 Å². The summed E-state index contributed by atoms with van der Waals surface area (Å²) in [5, 5.41) is 3.88. The highest BCUT2D eigenvalue weighted by molar-refractivity contribution is 6.41. The van der Waals surface area contributed by atoms with Gasteiger partial charge in [0.25, 0.3) is 11.8 Å². The minimum absolute atomic E-state index is 0.208. The molecule has 0 spiro atoms. The zero-order valence-electron chi connectivity index (χ0n) is 16.3. The number of halogens is 2. The number of anilines is 1. The lowest BCUT2D eigenvalue weighted by Gasteiger charge is -2.15. The summed E-state index contributed by atoms with van der Waals surface area (Å²) in [5.41, 5.74) is 2.73. The number of benzene rings is 2. The molecule has 5 nitrogen and oxygen atoms in total. The summed E-state index contributed by atoms with van der Waals surface area (Å²) in [4.78, 5) is 27.5. The first-order valence-corrected chi connectivity index (χ1v) is 10.1. The monoisotopic (exact) mass is 432 g/mol. The van der Waals surface area contributed by atoms with E-state index in [0.717, 1.165) is 5.56 Å². The van der Waals surface area contributed by atoms with E-state index in [0.29, 0.717) is 40.9 Å². The molecule has 1 aliphatic rings. The van der Waals surface area contributed by atoms with Crippen LogP contribution in [0.4, 0.5) is 5.69 Å². The number of aryl methyl sites for hydroxylation is 1. The largest absolute Gasteiger partial charge is 0.382 e. The number of carbonyl (C=O) groups excluding carboxylic acids is 2. The van der Waals surface area contributed by atoms with Crippen LogP contribution in [0.1, 0.15) is 24.5 Å². The molecule has 29 heavy (non-hydrogen) atoms. The van der Waals surface area contributed by atoms with E-state index in [-0.39, 0.29) is 29.6 Å². The Morgan fingerprint density at radius 1 is 1.03 bits per heavy atom. The molecule has 0 radical (unpaired) electrons. The van der Waals surface area contributed by atoms with Gasteiger partial charge in [-0.1, -0.05) is 47.0 Å². The summed E-state index contributed by atoms with van der Waals surface area (Å²) in [6.45, 7) is 5.22. The van der Waals surface area contributed by atoms with Gasteiger partial charge in [-0.25, -0.2) is 0 Å². The highest BCUT2D eigenvalue weighted by atomic mass is 35.5. The second kappa shape index (κ2) is 9.44.